The lowest BCUT2D eigenvalue weighted by Crippen LogP contribution is -2.58. The third-order valence-electron chi connectivity index (χ3n) is 12.7. The van der Waals surface area contributed by atoms with Gasteiger partial charge in [-0.1, -0.05) is 27.7 Å². The standard InChI is InChI=1S/C45H44N6O10/c1-5-26-28-15-24(52)9-12-33(28)46-39-31(26)20-50-34(39)17-29-32(41(50)55)21-60-42(56)38(29)35-19-45(6-2,13-14-49(35)44(58)59)61-25-10-7-23(8-11-25)51-40(47-48-43(51)57)30-16-27(22(3)4)36(53)18-37(30)54/h7-12,15-18,22,35,38,52-54H,5-6,13-14,19-21H2,1-4H3,(H,48,57)(H,58,59)/t35?,38?,45-/m0/s1. The maximum absolute atomic E-state index is 14.3. The van der Waals surface area contributed by atoms with Gasteiger partial charge in [-0.2, -0.15) is 5.10 Å². The molecule has 6 heterocycles. The summed E-state index contributed by atoms with van der Waals surface area (Å²) in [6.45, 7) is 7.76. The molecule has 16 heteroatoms. The van der Waals surface area contributed by atoms with Crippen LogP contribution in [0.5, 0.6) is 23.0 Å². The summed E-state index contributed by atoms with van der Waals surface area (Å²) in [4.78, 5) is 60.4. The number of hydrogen-bond acceptors (Lipinski definition) is 11. The van der Waals surface area contributed by atoms with E-state index in [1.54, 1.807) is 59.2 Å². The number of aromatic nitrogens is 5. The van der Waals surface area contributed by atoms with Crippen molar-refractivity contribution in [1.82, 2.24) is 29.2 Å². The van der Waals surface area contributed by atoms with Crippen LogP contribution in [0.3, 0.4) is 0 Å². The van der Waals surface area contributed by atoms with Crippen molar-refractivity contribution in [2.45, 2.75) is 90.0 Å². The van der Waals surface area contributed by atoms with Crippen molar-refractivity contribution in [1.29, 1.82) is 0 Å². The van der Waals surface area contributed by atoms with Crippen LogP contribution in [0, 0.1) is 0 Å². The fourth-order valence-corrected chi connectivity index (χ4v) is 9.48. The number of piperidine rings is 1. The van der Waals surface area contributed by atoms with Gasteiger partial charge in [-0.05, 0) is 90.0 Å². The summed E-state index contributed by atoms with van der Waals surface area (Å²) in [5.74, 6) is -1.50. The molecule has 3 atom stereocenters. The van der Waals surface area contributed by atoms with Crippen molar-refractivity contribution in [3.05, 3.63) is 109 Å². The second kappa shape index (κ2) is 14.6. The maximum atomic E-state index is 14.3. The van der Waals surface area contributed by atoms with Gasteiger partial charge in [0.05, 0.1) is 46.3 Å². The number of pyridine rings is 2. The van der Waals surface area contributed by atoms with Crippen molar-refractivity contribution in [2.24, 2.45) is 0 Å². The number of aromatic hydroxyl groups is 3. The average Bonchev–Trinajstić information content (AvgIpc) is 3.80. The summed E-state index contributed by atoms with van der Waals surface area (Å²) in [5.41, 5.74) is 3.67. The molecule has 3 aliphatic heterocycles. The number of ether oxygens (including phenoxy) is 2. The number of benzene rings is 3. The van der Waals surface area contributed by atoms with Crippen molar-refractivity contribution in [3.8, 4) is 51.5 Å². The van der Waals surface area contributed by atoms with Crippen LogP contribution in [-0.4, -0.2) is 79.9 Å². The number of amides is 1. The second-order valence-corrected chi connectivity index (χ2v) is 16.3. The second-order valence-electron chi connectivity index (χ2n) is 16.3. The van der Waals surface area contributed by atoms with E-state index in [2.05, 4.69) is 10.2 Å². The Bertz CT molecular complexity index is 2920. The number of phenols is 3. The van der Waals surface area contributed by atoms with Crippen molar-refractivity contribution >= 4 is 23.0 Å². The number of aryl methyl sites for hydroxylation is 1. The Morgan fingerprint density at radius 3 is 2.48 bits per heavy atom. The van der Waals surface area contributed by atoms with Crippen molar-refractivity contribution in [2.75, 3.05) is 6.54 Å². The highest BCUT2D eigenvalue weighted by atomic mass is 16.5. The van der Waals surface area contributed by atoms with Crippen LogP contribution >= 0.6 is 0 Å². The lowest BCUT2D eigenvalue weighted by atomic mass is 9.75. The molecule has 314 valence electrons. The monoisotopic (exact) mass is 828 g/mol. The number of carbonyl (C=O) groups excluding carboxylic acids is 1. The molecule has 16 nitrogen and oxygen atoms in total. The SMILES string of the molecule is CCc1c2c(nc3ccc(O)cc13)-c1cc3c(c(=O)n1C2)COC(=O)C3C1C[C@@](CC)(Oc2ccc(-n3c(-c4cc(C(C)C)c(O)cc4O)n[nH]c3=O)cc2)CCN1C(=O)O. The number of aromatic amines is 1. The minimum absolute atomic E-state index is 0.0420. The smallest absolute Gasteiger partial charge is 0.407 e. The van der Waals surface area contributed by atoms with Gasteiger partial charge in [-0.25, -0.2) is 24.2 Å². The molecule has 6 aromatic rings. The minimum Gasteiger partial charge on any atom is -0.508 e. The third kappa shape index (κ3) is 6.35. The van der Waals surface area contributed by atoms with Crippen LogP contribution in [0.1, 0.15) is 86.6 Å². The Morgan fingerprint density at radius 1 is 1.00 bits per heavy atom. The first-order valence-electron chi connectivity index (χ1n) is 20.3. The molecule has 0 bridgehead atoms. The molecule has 61 heavy (non-hydrogen) atoms. The molecular formula is C45H44N6O10. The molecule has 0 aliphatic carbocycles. The van der Waals surface area contributed by atoms with Crippen LogP contribution < -0.4 is 16.0 Å². The van der Waals surface area contributed by atoms with E-state index in [9.17, 15) is 39.6 Å². The van der Waals surface area contributed by atoms with E-state index in [0.29, 0.717) is 58.7 Å². The number of rotatable bonds is 8. The number of phenolic OH excluding ortho intramolecular Hbond substituents is 3. The molecule has 2 unspecified atom stereocenters. The molecule has 5 N–H and O–H groups in total. The van der Waals surface area contributed by atoms with Crippen LogP contribution in [0.25, 0.3) is 39.4 Å². The topological polar surface area (TPSA) is 222 Å². The fourth-order valence-electron chi connectivity index (χ4n) is 9.48. The minimum atomic E-state index is -1.22. The summed E-state index contributed by atoms with van der Waals surface area (Å²) < 4.78 is 15.3. The molecule has 0 radical (unpaired) electrons. The zero-order chi connectivity index (χ0) is 43.1. The highest BCUT2D eigenvalue weighted by Gasteiger charge is 2.50. The van der Waals surface area contributed by atoms with Gasteiger partial charge >= 0.3 is 17.8 Å². The number of fused-ring (bicyclic) bond motifs is 5. The van der Waals surface area contributed by atoms with Crippen LogP contribution in [-0.2, 0) is 29.1 Å². The molecule has 3 aromatic carbocycles. The maximum Gasteiger partial charge on any atom is 0.407 e. The van der Waals surface area contributed by atoms with Crippen LogP contribution in [0.2, 0.25) is 0 Å². The number of cyclic esters (lactones) is 1. The van der Waals surface area contributed by atoms with E-state index in [1.165, 1.54) is 15.5 Å². The zero-order valence-electron chi connectivity index (χ0n) is 33.9. The molecule has 0 saturated carbocycles. The third-order valence-corrected chi connectivity index (χ3v) is 12.7. The first kappa shape index (κ1) is 39.4. The lowest BCUT2D eigenvalue weighted by molar-refractivity contribution is -0.151. The predicted octanol–water partition coefficient (Wildman–Crippen LogP) is 6.28. The summed E-state index contributed by atoms with van der Waals surface area (Å²) in [6, 6.07) is 15.3. The van der Waals surface area contributed by atoms with E-state index < -0.39 is 35.3 Å². The first-order valence-corrected chi connectivity index (χ1v) is 20.3. The number of carboxylic acid groups (broad SMARTS) is 1. The van der Waals surface area contributed by atoms with Crippen LogP contribution in [0.15, 0.2) is 70.3 Å². The number of hydrogen-bond donors (Lipinski definition) is 5. The van der Waals surface area contributed by atoms with Gasteiger partial charge in [0.2, 0.25) is 0 Å². The van der Waals surface area contributed by atoms with Gasteiger partial charge in [-0.15, -0.1) is 0 Å². The summed E-state index contributed by atoms with van der Waals surface area (Å²) in [7, 11) is 0. The van der Waals surface area contributed by atoms with Crippen LogP contribution in [0.4, 0.5) is 4.79 Å². The number of carbonyl (C=O) groups is 2. The highest BCUT2D eigenvalue weighted by molar-refractivity contribution is 5.90. The number of esters is 1. The Kier molecular flexibility index (Phi) is 9.40. The lowest BCUT2D eigenvalue weighted by Gasteiger charge is -2.47. The van der Waals surface area contributed by atoms with Gasteiger partial charge in [-0.3, -0.25) is 9.59 Å². The van der Waals surface area contributed by atoms with E-state index in [0.717, 1.165) is 16.5 Å². The van der Waals surface area contributed by atoms with Crippen molar-refractivity contribution in [3.63, 3.8) is 0 Å². The molecule has 3 aliphatic rings. The van der Waals surface area contributed by atoms with Gasteiger partial charge < -0.3 is 39.4 Å². The zero-order valence-corrected chi connectivity index (χ0v) is 33.9. The quantitative estimate of drug-likeness (QED) is 0.107. The molecule has 1 saturated heterocycles. The predicted molar refractivity (Wildman–Crippen MR) is 223 cm³/mol. The average molecular weight is 829 g/mol. The molecule has 0 spiro atoms. The first-order chi connectivity index (χ1) is 29.2. The molecular weight excluding hydrogens is 785 g/mol. The largest absolute Gasteiger partial charge is 0.508 e. The summed E-state index contributed by atoms with van der Waals surface area (Å²) in [6.07, 6.45) is 0.263. The van der Waals surface area contributed by atoms with Crippen molar-refractivity contribution < 1.29 is 39.5 Å². The summed E-state index contributed by atoms with van der Waals surface area (Å²) in [5, 5.41) is 49.4. The van der Waals surface area contributed by atoms with Gasteiger partial charge in [0, 0.05) is 36.4 Å². The Morgan fingerprint density at radius 2 is 1.77 bits per heavy atom. The van der Waals surface area contributed by atoms with Gasteiger partial charge in [0.15, 0.2) is 5.82 Å². The Labute approximate surface area is 348 Å². The number of H-pyrrole nitrogens is 1. The number of likely N-dealkylation sites (tertiary alicyclic amines) is 1. The number of nitrogens with one attached hydrogen (secondary N) is 1. The van der Waals surface area contributed by atoms with E-state index in [4.69, 9.17) is 14.5 Å². The molecule has 1 amide bonds. The normalized spacial score (nSPS) is 19.4. The van der Waals surface area contributed by atoms with Gasteiger partial charge in [0.1, 0.15) is 41.1 Å². The number of nitrogens with zero attached hydrogens (tertiary/aromatic N) is 5. The summed E-state index contributed by atoms with van der Waals surface area (Å²) >= 11 is 0. The molecule has 9 rings (SSSR count). The highest BCUT2D eigenvalue weighted by Crippen LogP contribution is 2.45. The Hall–Kier alpha value is -7.10. The van der Waals surface area contributed by atoms with E-state index in [-0.39, 0.29) is 71.8 Å². The Balaban J connectivity index is 1.06. The fraction of sp³-hybridized carbons (Fsp3) is 0.333. The van der Waals surface area contributed by atoms with E-state index in [1.807, 2.05) is 27.7 Å². The molecule has 1 fully saturated rings. The van der Waals surface area contributed by atoms with E-state index >= 15 is 0 Å². The van der Waals surface area contributed by atoms with Gasteiger partial charge in [0.25, 0.3) is 5.56 Å². The molecule has 3 aromatic heterocycles.